The minimum Gasteiger partial charge on any atom is -0.465 e. The highest BCUT2D eigenvalue weighted by molar-refractivity contribution is 6.34. The molecule has 0 amide bonds. The number of aryl methyl sites for hydroxylation is 1. The maximum absolute atomic E-state index is 11.2. The molecule has 5 nitrogen and oxygen atoms in total. The minimum absolute atomic E-state index is 0.284. The molecule has 0 atom stereocenters. The van der Waals surface area contributed by atoms with Crippen molar-refractivity contribution in [2.45, 2.75) is 6.92 Å². The highest BCUT2D eigenvalue weighted by Crippen LogP contribution is 2.27. The van der Waals surface area contributed by atoms with E-state index in [0.29, 0.717) is 16.1 Å². The van der Waals surface area contributed by atoms with Gasteiger partial charge in [0.2, 0.25) is 0 Å². The average Bonchev–Trinajstić information content (AvgIpc) is 2.23. The van der Waals surface area contributed by atoms with Crippen LogP contribution in [0.25, 0.3) is 0 Å². The highest BCUT2D eigenvalue weighted by Gasteiger charge is 2.11. The summed E-state index contributed by atoms with van der Waals surface area (Å²) in [6, 6.07) is 2.98. The third kappa shape index (κ3) is 2.44. The molecule has 0 saturated heterocycles. The lowest BCUT2D eigenvalue weighted by Crippen LogP contribution is -2.03. The van der Waals surface area contributed by atoms with E-state index < -0.39 is 5.97 Å². The molecule has 0 aliphatic heterocycles. The molecule has 0 radical (unpaired) electrons. The molecule has 0 saturated carbocycles. The fourth-order valence-electron chi connectivity index (χ4n) is 1.14. The van der Waals surface area contributed by atoms with Crippen LogP contribution in [0.3, 0.4) is 0 Å². The number of rotatable bonds is 3. The van der Waals surface area contributed by atoms with E-state index in [1.807, 2.05) is 0 Å². The number of hydrogen-bond donors (Lipinski definition) is 1. The van der Waals surface area contributed by atoms with Crippen molar-refractivity contribution < 1.29 is 9.53 Å². The van der Waals surface area contributed by atoms with E-state index in [1.165, 1.54) is 13.2 Å². The lowest BCUT2D eigenvalue weighted by molar-refractivity contribution is 0.0600. The monoisotopic (exact) mass is 228 g/mol. The van der Waals surface area contributed by atoms with Crippen molar-refractivity contribution in [3.63, 3.8) is 0 Å². The van der Waals surface area contributed by atoms with Gasteiger partial charge < -0.3 is 4.74 Å². The number of carbonyl (C=O) groups excluding carboxylic acids is 1. The third-order valence-corrected chi connectivity index (χ3v) is 2.34. The van der Waals surface area contributed by atoms with Crippen LogP contribution in [-0.2, 0) is 4.74 Å². The minimum atomic E-state index is -0.497. The Morgan fingerprint density at radius 1 is 1.53 bits per heavy atom. The summed E-state index contributed by atoms with van der Waals surface area (Å²) in [7, 11) is 1.28. The largest absolute Gasteiger partial charge is 0.465 e. The number of benzene rings is 1. The lowest BCUT2D eigenvalue weighted by Gasteiger charge is -2.07. The number of anilines is 1. The molecular weight excluding hydrogens is 220 g/mol. The maximum atomic E-state index is 11.2. The van der Waals surface area contributed by atoms with Crippen LogP contribution in [0.5, 0.6) is 0 Å². The summed E-state index contributed by atoms with van der Waals surface area (Å²) in [6.45, 7) is 1.71. The molecule has 1 aromatic carbocycles. The zero-order valence-corrected chi connectivity index (χ0v) is 8.96. The molecule has 0 bridgehead atoms. The summed E-state index contributed by atoms with van der Waals surface area (Å²) in [6.07, 6.45) is 0. The molecule has 0 fully saturated rings. The van der Waals surface area contributed by atoms with E-state index in [1.54, 1.807) is 13.0 Å². The maximum Gasteiger partial charge on any atom is 0.337 e. The Morgan fingerprint density at radius 3 is 2.73 bits per heavy atom. The van der Waals surface area contributed by atoms with Crippen molar-refractivity contribution in [2.75, 3.05) is 12.5 Å². The SMILES string of the molecule is COC(=O)c1cc(C)c(Cl)c(NN=O)c1. The summed E-state index contributed by atoms with van der Waals surface area (Å²) in [5.41, 5.74) is 3.42. The number of carbonyl (C=O) groups is 1. The van der Waals surface area contributed by atoms with Gasteiger partial charge in [0.15, 0.2) is 0 Å². The lowest BCUT2D eigenvalue weighted by atomic mass is 10.1. The van der Waals surface area contributed by atoms with Crippen LogP contribution < -0.4 is 5.43 Å². The molecule has 1 rings (SSSR count). The van der Waals surface area contributed by atoms with Crippen molar-refractivity contribution in [1.29, 1.82) is 0 Å². The summed E-state index contributed by atoms with van der Waals surface area (Å²) in [5.74, 6) is -0.497. The second-order valence-electron chi connectivity index (χ2n) is 2.85. The molecule has 0 spiro atoms. The number of halogens is 1. The van der Waals surface area contributed by atoms with Crippen molar-refractivity contribution >= 4 is 23.3 Å². The average molecular weight is 229 g/mol. The molecule has 15 heavy (non-hydrogen) atoms. The standard InChI is InChI=1S/C9H9ClN2O3/c1-5-3-6(9(13)15-2)4-7(8(5)10)11-12-14/h3-4H,1-2H3,(H,11,14). The van der Waals surface area contributed by atoms with E-state index in [0.717, 1.165) is 0 Å². The number of esters is 1. The predicted molar refractivity (Wildman–Crippen MR) is 56.9 cm³/mol. The molecule has 0 aliphatic rings. The fraction of sp³-hybridized carbons (Fsp3) is 0.222. The van der Waals surface area contributed by atoms with Gasteiger partial charge in [-0.25, -0.2) is 10.2 Å². The van der Waals surface area contributed by atoms with Crippen LogP contribution in [0.2, 0.25) is 5.02 Å². The fourth-order valence-corrected chi connectivity index (χ4v) is 1.29. The Balaban J connectivity index is 3.22. The van der Waals surface area contributed by atoms with E-state index in [9.17, 15) is 9.70 Å². The van der Waals surface area contributed by atoms with Crippen LogP contribution in [0, 0.1) is 11.8 Å². The van der Waals surface area contributed by atoms with Crippen molar-refractivity contribution in [3.05, 3.63) is 33.2 Å². The van der Waals surface area contributed by atoms with E-state index >= 15 is 0 Å². The number of hydrogen-bond acceptors (Lipinski definition) is 4. The Hall–Kier alpha value is -1.62. The second kappa shape index (κ2) is 4.75. The molecule has 1 N–H and O–H groups in total. The van der Waals surface area contributed by atoms with E-state index in [-0.39, 0.29) is 5.69 Å². The first kappa shape index (κ1) is 11.5. The number of nitrogens with zero attached hydrogens (tertiary/aromatic N) is 1. The summed E-state index contributed by atoms with van der Waals surface area (Å²) >= 11 is 5.88. The summed E-state index contributed by atoms with van der Waals surface area (Å²) < 4.78 is 4.55. The molecule has 0 heterocycles. The third-order valence-electron chi connectivity index (χ3n) is 1.84. The van der Waals surface area contributed by atoms with Gasteiger partial charge in [-0.2, -0.15) is 0 Å². The van der Waals surface area contributed by atoms with Crippen molar-refractivity contribution in [3.8, 4) is 0 Å². The van der Waals surface area contributed by atoms with E-state index in [2.05, 4.69) is 15.4 Å². The zero-order chi connectivity index (χ0) is 11.4. The van der Waals surface area contributed by atoms with Gasteiger partial charge in [0.1, 0.15) is 0 Å². The van der Waals surface area contributed by atoms with Gasteiger partial charge in [0.25, 0.3) is 0 Å². The number of methoxy groups -OCH3 is 1. The van der Waals surface area contributed by atoms with Crippen LogP contribution in [0.1, 0.15) is 15.9 Å². The topological polar surface area (TPSA) is 67.8 Å². The highest BCUT2D eigenvalue weighted by atomic mass is 35.5. The Kier molecular flexibility index (Phi) is 3.62. The van der Waals surface area contributed by atoms with Crippen LogP contribution in [0.15, 0.2) is 17.4 Å². The molecule has 0 aliphatic carbocycles. The van der Waals surface area contributed by atoms with E-state index in [4.69, 9.17) is 11.6 Å². The van der Waals surface area contributed by atoms with Crippen molar-refractivity contribution in [1.82, 2.24) is 0 Å². The first-order chi connectivity index (χ1) is 7.10. The number of nitrogens with one attached hydrogen (secondary N) is 1. The quantitative estimate of drug-likeness (QED) is 0.490. The van der Waals surface area contributed by atoms with Crippen molar-refractivity contribution in [2.24, 2.45) is 5.29 Å². The predicted octanol–water partition coefficient (Wildman–Crippen LogP) is 2.53. The van der Waals surface area contributed by atoms with Gasteiger partial charge in [-0.05, 0) is 24.6 Å². The normalized spacial score (nSPS) is 9.53. The summed E-state index contributed by atoms with van der Waals surface area (Å²) in [4.78, 5) is 21.3. The Morgan fingerprint density at radius 2 is 2.20 bits per heavy atom. The summed E-state index contributed by atoms with van der Waals surface area (Å²) in [5, 5.41) is 2.85. The van der Waals surface area contributed by atoms with Gasteiger partial charge in [0.05, 0.1) is 28.7 Å². The van der Waals surface area contributed by atoms with Gasteiger partial charge >= 0.3 is 5.97 Å². The van der Waals surface area contributed by atoms with Gasteiger partial charge in [-0.1, -0.05) is 11.6 Å². The number of nitroso groups, excluding NO2 is 1. The van der Waals surface area contributed by atoms with Crippen LogP contribution >= 0.6 is 11.6 Å². The molecule has 6 heteroatoms. The Bertz CT molecular complexity index is 407. The van der Waals surface area contributed by atoms with Gasteiger partial charge in [-0.15, -0.1) is 4.91 Å². The molecular formula is C9H9ClN2O3. The first-order valence-corrected chi connectivity index (χ1v) is 4.44. The molecule has 80 valence electrons. The zero-order valence-electron chi connectivity index (χ0n) is 8.20. The Labute approximate surface area is 91.3 Å². The number of ether oxygens (including phenoxy) is 1. The second-order valence-corrected chi connectivity index (χ2v) is 3.23. The van der Waals surface area contributed by atoms with Gasteiger partial charge in [-0.3, -0.25) is 0 Å². The smallest absolute Gasteiger partial charge is 0.337 e. The first-order valence-electron chi connectivity index (χ1n) is 4.07. The van der Waals surface area contributed by atoms with Gasteiger partial charge in [0, 0.05) is 0 Å². The molecule has 0 aromatic heterocycles. The molecule has 0 unspecified atom stereocenters. The van der Waals surface area contributed by atoms with Crippen LogP contribution in [-0.4, -0.2) is 13.1 Å². The van der Waals surface area contributed by atoms with Crippen LogP contribution in [0.4, 0.5) is 5.69 Å². The molecule has 1 aromatic rings.